The average Bonchev–Trinajstić information content (AvgIpc) is 3.01. The van der Waals surface area contributed by atoms with Crippen LogP contribution < -0.4 is 5.32 Å². The van der Waals surface area contributed by atoms with Crippen molar-refractivity contribution >= 4 is 39.4 Å². The molecule has 2 unspecified atom stereocenters. The average molecular weight is 278 g/mol. The molecule has 2 aliphatic rings. The van der Waals surface area contributed by atoms with Gasteiger partial charge in [0, 0.05) is 16.1 Å². The molecule has 1 fully saturated rings. The fraction of sp³-hybridized carbons (Fsp3) is 0.333. The summed E-state index contributed by atoms with van der Waals surface area (Å²) in [5.74, 6) is 1.64. The lowest BCUT2D eigenvalue weighted by molar-refractivity contribution is 0.536. The highest BCUT2D eigenvalue weighted by molar-refractivity contribution is 7.20. The summed E-state index contributed by atoms with van der Waals surface area (Å²) < 4.78 is 1.42. The van der Waals surface area contributed by atoms with E-state index in [-0.39, 0.29) is 12.4 Å². The zero-order valence-electron chi connectivity index (χ0n) is 10.1. The lowest BCUT2D eigenvalue weighted by atomic mass is 10.00. The fourth-order valence-electron chi connectivity index (χ4n) is 3.10. The molecule has 2 heterocycles. The van der Waals surface area contributed by atoms with Gasteiger partial charge in [0.05, 0.1) is 0 Å². The van der Waals surface area contributed by atoms with E-state index in [1.54, 1.807) is 5.57 Å². The summed E-state index contributed by atoms with van der Waals surface area (Å²) in [6.45, 7) is 2.38. The van der Waals surface area contributed by atoms with Crippen LogP contribution in [0.1, 0.15) is 11.3 Å². The first-order valence-electron chi connectivity index (χ1n) is 6.30. The molecule has 1 aromatic heterocycles. The highest BCUT2D eigenvalue weighted by atomic mass is 35.5. The number of rotatable bonds is 1. The maximum atomic E-state index is 3.48. The third-order valence-electron chi connectivity index (χ3n) is 4.03. The Balaban J connectivity index is 0.000001000. The van der Waals surface area contributed by atoms with Crippen LogP contribution in [0.3, 0.4) is 0 Å². The molecule has 0 bridgehead atoms. The molecule has 2 atom stereocenters. The minimum absolute atomic E-state index is 0. The van der Waals surface area contributed by atoms with Gasteiger partial charge in [0.1, 0.15) is 0 Å². The SMILES string of the molecule is C1=C(c2cc3ccccc3s2)CC2CNCC12.Cl. The third-order valence-corrected chi connectivity index (χ3v) is 5.22. The number of halogens is 1. The maximum absolute atomic E-state index is 3.48. The van der Waals surface area contributed by atoms with E-state index in [1.165, 1.54) is 34.5 Å². The Labute approximate surface area is 117 Å². The number of benzene rings is 1. The Bertz CT molecular complexity index is 568. The first-order chi connectivity index (χ1) is 8.40. The monoisotopic (exact) mass is 277 g/mol. The van der Waals surface area contributed by atoms with E-state index in [9.17, 15) is 0 Å². The predicted molar refractivity (Wildman–Crippen MR) is 81.5 cm³/mol. The molecule has 0 saturated carbocycles. The fourth-order valence-corrected chi connectivity index (χ4v) is 4.20. The van der Waals surface area contributed by atoms with Gasteiger partial charge < -0.3 is 5.32 Å². The molecule has 1 aromatic carbocycles. The maximum Gasteiger partial charge on any atom is 0.0349 e. The van der Waals surface area contributed by atoms with Gasteiger partial charge in [-0.3, -0.25) is 0 Å². The van der Waals surface area contributed by atoms with Crippen molar-refractivity contribution in [2.24, 2.45) is 11.8 Å². The predicted octanol–water partition coefficient (Wildman–Crippen LogP) is 3.95. The molecule has 0 radical (unpaired) electrons. The molecule has 94 valence electrons. The number of nitrogens with one attached hydrogen (secondary N) is 1. The van der Waals surface area contributed by atoms with Crippen LogP contribution in [0.2, 0.25) is 0 Å². The van der Waals surface area contributed by atoms with Crippen molar-refractivity contribution in [2.45, 2.75) is 6.42 Å². The van der Waals surface area contributed by atoms with Crippen LogP contribution in [-0.2, 0) is 0 Å². The van der Waals surface area contributed by atoms with Crippen molar-refractivity contribution in [2.75, 3.05) is 13.1 Å². The lowest BCUT2D eigenvalue weighted by Crippen LogP contribution is -2.08. The number of fused-ring (bicyclic) bond motifs is 2. The van der Waals surface area contributed by atoms with Crippen LogP contribution in [0.15, 0.2) is 36.4 Å². The molecule has 1 nitrogen and oxygen atoms in total. The molecular weight excluding hydrogens is 262 g/mol. The van der Waals surface area contributed by atoms with Gasteiger partial charge >= 0.3 is 0 Å². The van der Waals surface area contributed by atoms with Crippen LogP contribution in [0.4, 0.5) is 0 Å². The molecule has 1 aliphatic heterocycles. The van der Waals surface area contributed by atoms with Crippen LogP contribution >= 0.6 is 23.7 Å². The zero-order valence-corrected chi connectivity index (χ0v) is 11.7. The molecular formula is C15H16ClNS. The van der Waals surface area contributed by atoms with Crippen molar-refractivity contribution < 1.29 is 0 Å². The Kier molecular flexibility index (Phi) is 3.18. The zero-order chi connectivity index (χ0) is 11.2. The Hall–Kier alpha value is -0.830. The van der Waals surface area contributed by atoms with Gasteiger partial charge in [0.25, 0.3) is 0 Å². The lowest BCUT2D eigenvalue weighted by Gasteiger charge is -2.04. The summed E-state index contributed by atoms with van der Waals surface area (Å²) in [5.41, 5.74) is 1.59. The number of thiophene rings is 1. The van der Waals surface area contributed by atoms with Crippen molar-refractivity contribution in [3.8, 4) is 0 Å². The van der Waals surface area contributed by atoms with Gasteiger partial charge in [0.15, 0.2) is 0 Å². The number of allylic oxidation sites excluding steroid dienone is 1. The van der Waals surface area contributed by atoms with Gasteiger partial charge in [-0.2, -0.15) is 0 Å². The highest BCUT2D eigenvalue weighted by Crippen LogP contribution is 2.41. The molecule has 0 amide bonds. The second kappa shape index (κ2) is 4.69. The van der Waals surface area contributed by atoms with Crippen molar-refractivity contribution in [3.05, 3.63) is 41.3 Å². The third kappa shape index (κ3) is 1.89. The summed E-state index contributed by atoms with van der Waals surface area (Å²) in [7, 11) is 0. The van der Waals surface area contributed by atoms with Crippen LogP contribution in [-0.4, -0.2) is 13.1 Å². The molecule has 1 aliphatic carbocycles. The molecule has 3 heteroatoms. The van der Waals surface area contributed by atoms with Gasteiger partial charge in [-0.1, -0.05) is 24.3 Å². The van der Waals surface area contributed by atoms with Gasteiger partial charge in [-0.15, -0.1) is 23.7 Å². The standard InChI is InChI=1S/C15H15NS.ClH/c1-2-4-14-10(3-1)7-15(17-14)11-5-12-8-16-9-13(12)6-11;/h1-5,7,12-13,16H,6,8-9H2;1H. The van der Waals surface area contributed by atoms with Crippen molar-refractivity contribution in [3.63, 3.8) is 0 Å². The topological polar surface area (TPSA) is 12.0 Å². The summed E-state index contributed by atoms with van der Waals surface area (Å²) >= 11 is 1.94. The second-order valence-electron chi connectivity index (χ2n) is 5.13. The van der Waals surface area contributed by atoms with Crippen molar-refractivity contribution in [1.29, 1.82) is 0 Å². The smallest absolute Gasteiger partial charge is 0.0349 e. The van der Waals surface area contributed by atoms with Crippen LogP contribution in [0, 0.1) is 11.8 Å². The van der Waals surface area contributed by atoms with Crippen LogP contribution in [0.5, 0.6) is 0 Å². The van der Waals surface area contributed by atoms with Gasteiger partial charge in [0.2, 0.25) is 0 Å². The van der Waals surface area contributed by atoms with Gasteiger partial charge in [-0.25, -0.2) is 0 Å². The van der Waals surface area contributed by atoms with E-state index < -0.39 is 0 Å². The largest absolute Gasteiger partial charge is 0.316 e. The first kappa shape index (κ1) is 12.2. The Morgan fingerprint density at radius 1 is 1.17 bits per heavy atom. The summed E-state index contributed by atoms with van der Waals surface area (Å²) in [6.07, 6.45) is 3.78. The quantitative estimate of drug-likeness (QED) is 0.832. The second-order valence-corrected chi connectivity index (χ2v) is 6.21. The molecule has 2 aromatic rings. The van der Waals surface area contributed by atoms with E-state index >= 15 is 0 Å². The van der Waals surface area contributed by atoms with E-state index in [0.29, 0.717) is 0 Å². The van der Waals surface area contributed by atoms with E-state index in [0.717, 1.165) is 11.8 Å². The van der Waals surface area contributed by atoms with E-state index in [4.69, 9.17) is 0 Å². The van der Waals surface area contributed by atoms with E-state index in [2.05, 4.69) is 41.7 Å². The summed E-state index contributed by atoms with van der Waals surface area (Å²) in [4.78, 5) is 1.49. The molecule has 1 N–H and O–H groups in total. The van der Waals surface area contributed by atoms with Crippen molar-refractivity contribution in [1.82, 2.24) is 5.32 Å². The van der Waals surface area contributed by atoms with Crippen LogP contribution in [0.25, 0.3) is 15.7 Å². The Morgan fingerprint density at radius 2 is 2.06 bits per heavy atom. The van der Waals surface area contributed by atoms with Gasteiger partial charge in [-0.05, 0) is 47.9 Å². The molecule has 4 rings (SSSR count). The number of hydrogen-bond acceptors (Lipinski definition) is 2. The molecule has 18 heavy (non-hydrogen) atoms. The summed E-state index contributed by atoms with van der Waals surface area (Å²) in [6, 6.07) is 11.1. The summed E-state index contributed by atoms with van der Waals surface area (Å²) in [5, 5.41) is 4.87. The Morgan fingerprint density at radius 3 is 2.89 bits per heavy atom. The molecule has 1 saturated heterocycles. The van der Waals surface area contributed by atoms with E-state index in [1.807, 2.05) is 11.3 Å². The normalized spacial score (nSPS) is 25.9. The minimum atomic E-state index is 0. The minimum Gasteiger partial charge on any atom is -0.316 e. The first-order valence-corrected chi connectivity index (χ1v) is 7.12. The highest BCUT2D eigenvalue weighted by Gasteiger charge is 2.32. The number of hydrogen-bond donors (Lipinski definition) is 1. The molecule has 0 spiro atoms.